The van der Waals surface area contributed by atoms with E-state index in [9.17, 15) is 4.79 Å². The summed E-state index contributed by atoms with van der Waals surface area (Å²) in [6.45, 7) is 3.55. The molecule has 2 aromatic heterocycles. The van der Waals surface area contributed by atoms with Gasteiger partial charge in [0.2, 0.25) is 5.91 Å². The number of furan rings is 1. The summed E-state index contributed by atoms with van der Waals surface area (Å²) >= 11 is 0. The summed E-state index contributed by atoms with van der Waals surface area (Å²) < 4.78 is 7.69. The highest BCUT2D eigenvalue weighted by Crippen LogP contribution is 2.29. The maximum atomic E-state index is 13.2. The van der Waals surface area contributed by atoms with Crippen LogP contribution >= 0.6 is 12.4 Å². The summed E-state index contributed by atoms with van der Waals surface area (Å²) in [7, 11) is 0. The van der Waals surface area contributed by atoms with E-state index in [1.165, 1.54) is 0 Å². The molecule has 0 aliphatic carbocycles. The summed E-state index contributed by atoms with van der Waals surface area (Å²) in [4.78, 5) is 13.2. The van der Waals surface area contributed by atoms with Gasteiger partial charge in [0.15, 0.2) is 0 Å². The van der Waals surface area contributed by atoms with Gasteiger partial charge in [-0.15, -0.1) is 12.4 Å². The topological polar surface area (TPSA) is 72.1 Å². The molecule has 6 nitrogen and oxygen atoms in total. The van der Waals surface area contributed by atoms with Gasteiger partial charge in [-0.05, 0) is 51.1 Å². The number of rotatable bonds is 4. The Morgan fingerprint density at radius 3 is 2.77 bits per heavy atom. The van der Waals surface area contributed by atoms with Crippen LogP contribution in [0.15, 0.2) is 53.2 Å². The van der Waals surface area contributed by atoms with Crippen molar-refractivity contribution in [1.29, 1.82) is 0 Å². The predicted molar refractivity (Wildman–Crippen MR) is 102 cm³/mol. The minimum atomic E-state index is -0.644. The molecule has 1 unspecified atom stereocenters. The van der Waals surface area contributed by atoms with Crippen LogP contribution in [0.5, 0.6) is 0 Å². The highest BCUT2D eigenvalue weighted by atomic mass is 35.5. The number of para-hydroxylation sites is 1. The predicted octanol–water partition coefficient (Wildman–Crippen LogP) is 3.01. The van der Waals surface area contributed by atoms with Gasteiger partial charge in [0, 0.05) is 17.8 Å². The van der Waals surface area contributed by atoms with Gasteiger partial charge in [-0.3, -0.25) is 9.48 Å². The van der Waals surface area contributed by atoms with Crippen LogP contribution in [0.4, 0.5) is 0 Å². The second kappa shape index (κ2) is 7.51. The number of halogens is 1. The first-order valence-corrected chi connectivity index (χ1v) is 8.69. The van der Waals surface area contributed by atoms with Crippen LogP contribution in [-0.4, -0.2) is 28.8 Å². The lowest BCUT2D eigenvalue weighted by Crippen LogP contribution is -2.54. The Kier molecular flexibility index (Phi) is 5.34. The summed E-state index contributed by atoms with van der Waals surface area (Å²) in [6, 6.07) is 11.5. The Labute approximate surface area is 158 Å². The number of carbonyl (C=O) groups is 1. The third kappa shape index (κ3) is 3.22. The lowest BCUT2D eigenvalue weighted by molar-refractivity contribution is -0.132. The maximum absolute atomic E-state index is 13.2. The Morgan fingerprint density at radius 1 is 1.31 bits per heavy atom. The van der Waals surface area contributed by atoms with E-state index in [0.29, 0.717) is 12.8 Å². The second-order valence-corrected chi connectivity index (χ2v) is 6.61. The van der Waals surface area contributed by atoms with Crippen molar-refractivity contribution in [2.75, 3.05) is 13.1 Å². The highest BCUT2D eigenvalue weighted by molar-refractivity contribution is 5.85. The molecule has 1 amide bonds. The number of nitrogens with one attached hydrogen (secondary N) is 2. The largest absolute Gasteiger partial charge is 0.459 e. The van der Waals surface area contributed by atoms with Crippen molar-refractivity contribution in [2.45, 2.75) is 31.3 Å². The van der Waals surface area contributed by atoms with E-state index in [1.807, 2.05) is 49.5 Å². The fourth-order valence-corrected chi connectivity index (χ4v) is 3.54. The van der Waals surface area contributed by atoms with Crippen molar-refractivity contribution < 1.29 is 9.21 Å². The van der Waals surface area contributed by atoms with E-state index >= 15 is 0 Å². The lowest BCUT2D eigenvalue weighted by atomic mass is 9.87. The lowest BCUT2D eigenvalue weighted by Gasteiger charge is -2.37. The molecule has 7 heteroatoms. The molecule has 0 bridgehead atoms. The van der Waals surface area contributed by atoms with Gasteiger partial charge in [0.05, 0.1) is 6.04 Å². The van der Waals surface area contributed by atoms with Gasteiger partial charge >= 0.3 is 0 Å². The quantitative estimate of drug-likeness (QED) is 0.736. The third-order valence-electron chi connectivity index (χ3n) is 5.02. The summed E-state index contributed by atoms with van der Waals surface area (Å²) in [6.07, 6.45) is 5.03. The molecule has 1 atom stereocenters. The number of hydrogen-bond acceptors (Lipinski definition) is 4. The smallest absolute Gasteiger partial charge is 0.248 e. The van der Waals surface area contributed by atoms with Crippen LogP contribution < -0.4 is 10.6 Å². The number of benzene rings is 1. The average molecular weight is 375 g/mol. The van der Waals surface area contributed by atoms with Gasteiger partial charge in [-0.25, -0.2) is 0 Å². The molecule has 138 valence electrons. The third-order valence-corrected chi connectivity index (χ3v) is 5.02. The number of fused-ring (bicyclic) bond motifs is 1. The number of aromatic nitrogens is 2. The minimum Gasteiger partial charge on any atom is -0.459 e. The van der Waals surface area contributed by atoms with Crippen LogP contribution in [0.2, 0.25) is 0 Å². The number of hydrogen-bond donors (Lipinski definition) is 2. The maximum Gasteiger partial charge on any atom is 0.248 e. The first-order valence-electron chi connectivity index (χ1n) is 8.69. The molecular formula is C19H23ClN4O2. The fraction of sp³-hybridized carbons (Fsp3) is 0.368. The average Bonchev–Trinajstić information content (AvgIpc) is 3.32. The number of carbonyl (C=O) groups excluding carboxylic acids is 1. The molecule has 1 aromatic carbocycles. The molecule has 2 N–H and O–H groups in total. The van der Waals surface area contributed by atoms with Crippen LogP contribution in [0.25, 0.3) is 11.0 Å². The van der Waals surface area contributed by atoms with Crippen molar-refractivity contribution in [1.82, 2.24) is 20.4 Å². The molecule has 26 heavy (non-hydrogen) atoms. The molecule has 0 saturated carbocycles. The highest BCUT2D eigenvalue weighted by Gasteiger charge is 2.42. The van der Waals surface area contributed by atoms with Gasteiger partial charge in [-0.1, -0.05) is 18.2 Å². The first kappa shape index (κ1) is 18.5. The number of piperidine rings is 1. The Bertz CT molecular complexity index is 836. The number of nitrogens with zero attached hydrogens (tertiary/aromatic N) is 2. The summed E-state index contributed by atoms with van der Waals surface area (Å²) in [5.74, 6) is 0.754. The van der Waals surface area contributed by atoms with E-state index in [2.05, 4.69) is 15.7 Å². The van der Waals surface area contributed by atoms with Gasteiger partial charge in [0.1, 0.15) is 16.9 Å². The van der Waals surface area contributed by atoms with E-state index in [-0.39, 0.29) is 24.4 Å². The Morgan fingerprint density at radius 2 is 2.08 bits per heavy atom. The summed E-state index contributed by atoms with van der Waals surface area (Å²) in [5, 5.41) is 11.9. The van der Waals surface area contributed by atoms with Crippen molar-refractivity contribution in [3.63, 3.8) is 0 Å². The van der Waals surface area contributed by atoms with Gasteiger partial charge in [-0.2, -0.15) is 5.10 Å². The minimum absolute atomic E-state index is 0. The Balaban J connectivity index is 0.00000196. The zero-order chi connectivity index (χ0) is 17.3. The fourth-order valence-electron chi connectivity index (χ4n) is 3.54. The van der Waals surface area contributed by atoms with Gasteiger partial charge in [0.25, 0.3) is 0 Å². The molecule has 1 saturated heterocycles. The molecule has 1 aliphatic rings. The molecule has 1 fully saturated rings. The normalized spacial score (nSPS) is 17.4. The molecule has 1 aliphatic heterocycles. The molecule has 4 rings (SSSR count). The molecule has 0 radical (unpaired) electrons. The van der Waals surface area contributed by atoms with Crippen molar-refractivity contribution in [3.05, 3.63) is 54.6 Å². The van der Waals surface area contributed by atoms with E-state index in [4.69, 9.17) is 4.42 Å². The van der Waals surface area contributed by atoms with Gasteiger partial charge < -0.3 is 15.1 Å². The zero-order valence-electron chi connectivity index (χ0n) is 14.6. The SMILES string of the molecule is CC(NC(=O)C1(n2cccn2)CCNCC1)c1cc2ccccc2o1.Cl. The van der Waals surface area contributed by atoms with Crippen molar-refractivity contribution in [3.8, 4) is 0 Å². The monoisotopic (exact) mass is 374 g/mol. The molecular weight excluding hydrogens is 352 g/mol. The summed E-state index contributed by atoms with van der Waals surface area (Å²) in [5.41, 5.74) is 0.192. The first-order chi connectivity index (χ1) is 12.2. The number of amides is 1. The van der Waals surface area contributed by atoms with E-state index < -0.39 is 5.54 Å². The van der Waals surface area contributed by atoms with E-state index in [1.54, 1.807) is 10.9 Å². The van der Waals surface area contributed by atoms with Crippen LogP contribution in [0, 0.1) is 0 Å². The molecule has 0 spiro atoms. The Hall–Kier alpha value is -2.31. The van der Waals surface area contributed by atoms with Crippen molar-refractivity contribution in [2.24, 2.45) is 0 Å². The second-order valence-electron chi connectivity index (χ2n) is 6.61. The van der Waals surface area contributed by atoms with E-state index in [0.717, 1.165) is 29.8 Å². The van der Waals surface area contributed by atoms with Crippen LogP contribution in [0.3, 0.4) is 0 Å². The molecule has 3 aromatic rings. The standard InChI is InChI=1S/C19H22N4O2.ClH/c1-14(17-13-15-5-2-3-6-16(15)25-17)22-18(24)19(7-10-20-11-8-19)23-12-4-9-21-23;/h2-6,9,12-14,20H,7-8,10-11H2,1H3,(H,22,24);1H. The van der Waals surface area contributed by atoms with Crippen LogP contribution in [-0.2, 0) is 10.3 Å². The van der Waals surface area contributed by atoms with Crippen LogP contribution in [0.1, 0.15) is 31.6 Å². The van der Waals surface area contributed by atoms with Crippen molar-refractivity contribution >= 4 is 29.3 Å². The molecule has 3 heterocycles. The zero-order valence-corrected chi connectivity index (χ0v) is 15.5.